The van der Waals surface area contributed by atoms with Crippen molar-refractivity contribution in [1.29, 1.82) is 0 Å². The third kappa shape index (κ3) is 1.55. The van der Waals surface area contributed by atoms with Crippen LogP contribution in [0.3, 0.4) is 0 Å². The minimum Gasteiger partial charge on any atom is -0.299 e. The molecule has 0 aliphatic rings. The second kappa shape index (κ2) is 4.04. The summed E-state index contributed by atoms with van der Waals surface area (Å²) in [5, 5.41) is 0. The van der Waals surface area contributed by atoms with Gasteiger partial charge in [-0.2, -0.15) is 0 Å². The van der Waals surface area contributed by atoms with E-state index in [9.17, 15) is 4.79 Å². The van der Waals surface area contributed by atoms with Gasteiger partial charge in [0.15, 0.2) is 6.29 Å². The highest BCUT2D eigenvalue weighted by Gasteiger charge is 2.12. The van der Waals surface area contributed by atoms with Crippen LogP contribution in [0.2, 0.25) is 0 Å². The van der Waals surface area contributed by atoms with Crippen molar-refractivity contribution in [3.63, 3.8) is 0 Å². The number of aldehydes is 1. The summed E-state index contributed by atoms with van der Waals surface area (Å²) < 4.78 is 4.14. The summed E-state index contributed by atoms with van der Waals surface area (Å²) >= 11 is 0. The van der Waals surface area contributed by atoms with Crippen molar-refractivity contribution in [2.45, 2.75) is 33.4 Å². The van der Waals surface area contributed by atoms with Crippen molar-refractivity contribution in [3.8, 4) is 0 Å². The fourth-order valence-electron chi connectivity index (χ4n) is 1.44. The maximum absolute atomic E-state index is 10.3. The van der Waals surface area contributed by atoms with E-state index < -0.39 is 0 Å². The molecule has 0 aliphatic carbocycles. The predicted molar refractivity (Wildman–Crippen MR) is 45.7 cm³/mol. The zero-order chi connectivity index (χ0) is 8.97. The molecule has 3 heteroatoms. The van der Waals surface area contributed by atoms with Crippen LogP contribution in [0.4, 0.5) is 0 Å². The number of rotatable bonds is 4. The number of hydrogen-bond acceptors (Lipinski definition) is 1. The number of imidazole rings is 1. The first-order chi connectivity index (χ1) is 5.83. The Morgan fingerprint density at radius 2 is 2.33 bits per heavy atom. The molecule has 0 spiro atoms. The van der Waals surface area contributed by atoms with Gasteiger partial charge in [-0.25, -0.2) is 9.13 Å². The third-order valence-corrected chi connectivity index (χ3v) is 2.02. The molecular weight excluding hydrogens is 152 g/mol. The zero-order valence-corrected chi connectivity index (χ0v) is 7.66. The normalized spacial score (nSPS) is 10.2. The summed E-state index contributed by atoms with van der Waals surface area (Å²) in [4.78, 5) is 10.3. The highest BCUT2D eigenvalue weighted by Crippen LogP contribution is 1.95. The molecule has 1 aromatic heterocycles. The smallest absolute Gasteiger partial charge is 0.256 e. The minimum absolute atomic E-state index is 0.468. The Balaban J connectivity index is 2.95. The molecule has 0 radical (unpaired) electrons. The summed E-state index contributed by atoms with van der Waals surface area (Å²) in [6, 6.07) is 0. The number of carbonyl (C=O) groups is 1. The van der Waals surface area contributed by atoms with Crippen molar-refractivity contribution in [1.82, 2.24) is 4.57 Å². The van der Waals surface area contributed by atoms with Crippen molar-refractivity contribution < 1.29 is 9.36 Å². The van der Waals surface area contributed by atoms with E-state index >= 15 is 0 Å². The Hall–Kier alpha value is -1.12. The van der Waals surface area contributed by atoms with Gasteiger partial charge in [0.2, 0.25) is 0 Å². The Morgan fingerprint density at radius 3 is 2.83 bits per heavy atom. The van der Waals surface area contributed by atoms with Crippen molar-refractivity contribution >= 4 is 6.29 Å². The van der Waals surface area contributed by atoms with Crippen LogP contribution in [0.15, 0.2) is 12.4 Å². The van der Waals surface area contributed by atoms with Crippen molar-refractivity contribution in [3.05, 3.63) is 18.2 Å². The second-order valence-corrected chi connectivity index (χ2v) is 2.67. The molecule has 12 heavy (non-hydrogen) atoms. The van der Waals surface area contributed by atoms with E-state index in [0.717, 1.165) is 19.3 Å². The molecule has 1 rings (SSSR count). The van der Waals surface area contributed by atoms with E-state index in [1.807, 2.05) is 17.0 Å². The topological polar surface area (TPSA) is 25.9 Å². The highest BCUT2D eigenvalue weighted by molar-refractivity contribution is 5.46. The van der Waals surface area contributed by atoms with E-state index in [0.29, 0.717) is 6.54 Å². The molecule has 0 amide bonds. The van der Waals surface area contributed by atoms with Gasteiger partial charge in [-0.1, -0.05) is 6.92 Å². The standard InChI is InChI=1S/C9H15N2O/c1-3-9-10(4-2)5-6-11(9)7-8-12/h5-6,8H,3-4,7H2,1-2H3/q+1. The number of aromatic nitrogens is 2. The maximum Gasteiger partial charge on any atom is 0.256 e. The number of aryl methyl sites for hydroxylation is 1. The van der Waals surface area contributed by atoms with Gasteiger partial charge in [0, 0.05) is 6.42 Å². The molecule has 0 saturated carbocycles. The third-order valence-electron chi connectivity index (χ3n) is 2.02. The van der Waals surface area contributed by atoms with Crippen LogP contribution in [0.1, 0.15) is 19.7 Å². The van der Waals surface area contributed by atoms with Crippen LogP contribution >= 0.6 is 0 Å². The van der Waals surface area contributed by atoms with Crippen LogP contribution in [-0.2, 0) is 24.3 Å². The van der Waals surface area contributed by atoms with Crippen LogP contribution in [0, 0.1) is 0 Å². The van der Waals surface area contributed by atoms with E-state index in [1.54, 1.807) is 0 Å². The lowest BCUT2D eigenvalue weighted by atomic mass is 10.4. The largest absolute Gasteiger partial charge is 0.299 e. The lowest BCUT2D eigenvalue weighted by Gasteiger charge is -1.96. The highest BCUT2D eigenvalue weighted by atomic mass is 16.1. The summed E-state index contributed by atoms with van der Waals surface area (Å²) in [7, 11) is 0. The molecule has 0 bridgehead atoms. The molecule has 0 aliphatic heterocycles. The monoisotopic (exact) mass is 167 g/mol. The Morgan fingerprint density at radius 1 is 1.58 bits per heavy atom. The molecule has 1 heterocycles. The minimum atomic E-state index is 0.468. The van der Waals surface area contributed by atoms with Gasteiger partial charge in [0.05, 0.1) is 6.54 Å². The Labute approximate surface area is 72.6 Å². The van der Waals surface area contributed by atoms with Gasteiger partial charge in [-0.05, 0) is 6.92 Å². The van der Waals surface area contributed by atoms with E-state index in [1.165, 1.54) is 5.82 Å². The summed E-state index contributed by atoms with van der Waals surface area (Å²) in [6.45, 7) is 5.64. The van der Waals surface area contributed by atoms with Gasteiger partial charge in [-0.15, -0.1) is 0 Å². The molecule has 0 N–H and O–H groups in total. The molecule has 0 atom stereocenters. The molecule has 1 aromatic rings. The lowest BCUT2D eigenvalue weighted by Crippen LogP contribution is -2.37. The van der Waals surface area contributed by atoms with Crippen LogP contribution in [0.5, 0.6) is 0 Å². The van der Waals surface area contributed by atoms with Gasteiger partial charge < -0.3 is 0 Å². The van der Waals surface area contributed by atoms with Gasteiger partial charge in [0.1, 0.15) is 18.9 Å². The molecule has 0 fully saturated rings. The summed E-state index contributed by atoms with van der Waals surface area (Å²) in [6.07, 6.45) is 5.87. The molecule has 0 unspecified atom stereocenters. The Kier molecular flexibility index (Phi) is 3.02. The average molecular weight is 167 g/mol. The number of carbonyl (C=O) groups excluding carboxylic acids is 1. The van der Waals surface area contributed by atoms with Gasteiger partial charge in [-0.3, -0.25) is 4.79 Å². The van der Waals surface area contributed by atoms with E-state index in [-0.39, 0.29) is 0 Å². The predicted octanol–water partition coefficient (Wildman–Crippen LogP) is 0.557. The maximum atomic E-state index is 10.3. The van der Waals surface area contributed by atoms with Gasteiger partial charge in [0.25, 0.3) is 5.82 Å². The first-order valence-electron chi connectivity index (χ1n) is 4.34. The molecule has 0 saturated heterocycles. The molecule has 0 aromatic carbocycles. The van der Waals surface area contributed by atoms with E-state index in [2.05, 4.69) is 18.4 Å². The average Bonchev–Trinajstić information content (AvgIpc) is 2.47. The summed E-state index contributed by atoms with van der Waals surface area (Å²) in [5.74, 6) is 1.21. The fraction of sp³-hybridized carbons (Fsp3) is 0.556. The fourth-order valence-corrected chi connectivity index (χ4v) is 1.44. The molecule has 3 nitrogen and oxygen atoms in total. The molecule has 66 valence electrons. The van der Waals surface area contributed by atoms with Crippen LogP contribution in [0.25, 0.3) is 0 Å². The number of nitrogens with zero attached hydrogens (tertiary/aromatic N) is 2. The van der Waals surface area contributed by atoms with Crippen molar-refractivity contribution in [2.24, 2.45) is 0 Å². The van der Waals surface area contributed by atoms with E-state index in [4.69, 9.17) is 0 Å². The number of hydrogen-bond donors (Lipinski definition) is 0. The lowest BCUT2D eigenvalue weighted by molar-refractivity contribution is -0.689. The van der Waals surface area contributed by atoms with Crippen molar-refractivity contribution in [2.75, 3.05) is 0 Å². The SMILES string of the molecule is CCc1n(CC)cc[n+]1CC=O. The second-order valence-electron chi connectivity index (χ2n) is 2.67. The van der Waals surface area contributed by atoms with Crippen LogP contribution < -0.4 is 4.57 Å². The first kappa shape index (κ1) is 8.97. The first-order valence-corrected chi connectivity index (χ1v) is 4.34. The zero-order valence-electron chi connectivity index (χ0n) is 7.66. The Bertz CT molecular complexity index is 265. The molecular formula is C9H15N2O+. The summed E-state index contributed by atoms with van der Waals surface area (Å²) in [5.41, 5.74) is 0. The van der Waals surface area contributed by atoms with Gasteiger partial charge >= 0.3 is 0 Å². The quantitative estimate of drug-likeness (QED) is 0.475. The van der Waals surface area contributed by atoms with Crippen LogP contribution in [-0.4, -0.2) is 10.9 Å².